The van der Waals surface area contributed by atoms with E-state index in [1.165, 1.54) is 17.3 Å². The van der Waals surface area contributed by atoms with E-state index in [1.807, 2.05) is 54.8 Å². The third kappa shape index (κ3) is 6.00. The average molecular weight is 445 g/mol. The molecule has 0 saturated carbocycles. The molecule has 8 heteroatoms. The third-order valence-corrected chi connectivity index (χ3v) is 5.76. The SMILES string of the molecule is CCn1c(SCC(=O)NCCc2ccccc2)nnc1[C@@H](C)Oc1ccccc1Cl. The van der Waals surface area contributed by atoms with E-state index in [-0.39, 0.29) is 17.8 Å². The smallest absolute Gasteiger partial charge is 0.230 e. The van der Waals surface area contributed by atoms with E-state index in [2.05, 4.69) is 27.6 Å². The largest absolute Gasteiger partial charge is 0.481 e. The quantitative estimate of drug-likeness (QED) is 0.465. The molecule has 1 amide bonds. The van der Waals surface area contributed by atoms with Crippen molar-refractivity contribution in [2.45, 2.75) is 38.1 Å². The molecular formula is C22H25ClN4O2S. The second-order valence-corrected chi connectivity index (χ2v) is 8.00. The van der Waals surface area contributed by atoms with E-state index in [9.17, 15) is 4.79 Å². The molecular weight excluding hydrogens is 420 g/mol. The number of ether oxygens (including phenoxy) is 1. The highest BCUT2D eigenvalue weighted by atomic mass is 35.5. The Bertz CT molecular complexity index is 965. The van der Waals surface area contributed by atoms with Gasteiger partial charge in [0, 0.05) is 13.1 Å². The monoisotopic (exact) mass is 444 g/mol. The Kier molecular flexibility index (Phi) is 8.16. The predicted octanol–water partition coefficient (Wildman–Crippen LogP) is 4.54. The van der Waals surface area contributed by atoms with Gasteiger partial charge < -0.3 is 14.6 Å². The van der Waals surface area contributed by atoms with Crippen LogP contribution in [0.5, 0.6) is 5.75 Å². The maximum Gasteiger partial charge on any atom is 0.230 e. The molecule has 0 aliphatic rings. The van der Waals surface area contributed by atoms with Gasteiger partial charge in [-0.2, -0.15) is 0 Å². The van der Waals surface area contributed by atoms with Crippen molar-refractivity contribution in [3.8, 4) is 5.75 Å². The molecule has 0 unspecified atom stereocenters. The normalized spacial score (nSPS) is 11.8. The van der Waals surface area contributed by atoms with Gasteiger partial charge in [-0.3, -0.25) is 4.79 Å². The number of halogens is 1. The van der Waals surface area contributed by atoms with Crippen LogP contribution < -0.4 is 10.1 Å². The zero-order chi connectivity index (χ0) is 21.3. The van der Waals surface area contributed by atoms with Gasteiger partial charge in [-0.1, -0.05) is 65.8 Å². The van der Waals surface area contributed by atoms with Crippen LogP contribution in [0.1, 0.15) is 31.3 Å². The average Bonchev–Trinajstić information content (AvgIpc) is 3.18. The van der Waals surface area contributed by atoms with Crippen LogP contribution in [0.2, 0.25) is 5.02 Å². The van der Waals surface area contributed by atoms with Crippen molar-refractivity contribution in [1.29, 1.82) is 0 Å². The van der Waals surface area contributed by atoms with Crippen LogP contribution in [0.3, 0.4) is 0 Å². The van der Waals surface area contributed by atoms with Crippen LogP contribution in [0.15, 0.2) is 59.8 Å². The van der Waals surface area contributed by atoms with Gasteiger partial charge in [0.1, 0.15) is 5.75 Å². The van der Waals surface area contributed by atoms with Gasteiger partial charge in [0.05, 0.1) is 10.8 Å². The lowest BCUT2D eigenvalue weighted by atomic mass is 10.1. The summed E-state index contributed by atoms with van der Waals surface area (Å²) in [6.07, 6.45) is 0.482. The standard InChI is InChI=1S/C22H25ClN4O2S/c1-3-27-21(16(2)29-19-12-8-7-11-18(19)23)25-26-22(27)30-15-20(28)24-14-13-17-9-5-4-6-10-17/h4-12,16H,3,13-15H2,1-2H3,(H,24,28)/t16-/m1/s1. The number of benzene rings is 2. The second kappa shape index (κ2) is 11.0. The Morgan fingerprint density at radius 1 is 1.17 bits per heavy atom. The van der Waals surface area contributed by atoms with E-state index in [1.54, 1.807) is 6.07 Å². The molecule has 0 spiro atoms. The van der Waals surface area contributed by atoms with Crippen molar-refractivity contribution < 1.29 is 9.53 Å². The number of hydrogen-bond acceptors (Lipinski definition) is 5. The summed E-state index contributed by atoms with van der Waals surface area (Å²) in [4.78, 5) is 12.2. The third-order valence-electron chi connectivity index (χ3n) is 4.48. The van der Waals surface area contributed by atoms with Gasteiger partial charge in [-0.25, -0.2) is 0 Å². The van der Waals surface area contributed by atoms with Gasteiger partial charge in [0.15, 0.2) is 17.1 Å². The van der Waals surface area contributed by atoms with Gasteiger partial charge >= 0.3 is 0 Å². The zero-order valence-corrected chi connectivity index (χ0v) is 18.6. The molecule has 0 fully saturated rings. The minimum absolute atomic E-state index is 0.0245. The Morgan fingerprint density at radius 3 is 2.63 bits per heavy atom. The molecule has 1 heterocycles. The molecule has 0 saturated heterocycles. The summed E-state index contributed by atoms with van der Waals surface area (Å²) in [6, 6.07) is 17.4. The first-order valence-corrected chi connectivity index (χ1v) is 11.2. The van der Waals surface area contributed by atoms with Gasteiger partial charge in [0.2, 0.25) is 5.91 Å². The molecule has 2 aromatic carbocycles. The van der Waals surface area contributed by atoms with E-state index in [4.69, 9.17) is 16.3 Å². The molecule has 30 heavy (non-hydrogen) atoms. The van der Waals surface area contributed by atoms with Gasteiger partial charge in [0.25, 0.3) is 0 Å². The zero-order valence-electron chi connectivity index (χ0n) is 17.0. The lowest BCUT2D eigenvalue weighted by Crippen LogP contribution is -2.27. The molecule has 3 rings (SSSR count). The summed E-state index contributed by atoms with van der Waals surface area (Å²) in [6.45, 7) is 5.21. The fraction of sp³-hybridized carbons (Fsp3) is 0.318. The molecule has 6 nitrogen and oxygen atoms in total. The Balaban J connectivity index is 1.53. The first-order valence-electron chi connectivity index (χ1n) is 9.86. The number of carbonyl (C=O) groups excluding carboxylic acids is 1. The van der Waals surface area contributed by atoms with Crippen molar-refractivity contribution in [2.75, 3.05) is 12.3 Å². The second-order valence-electron chi connectivity index (χ2n) is 6.65. The number of carbonyl (C=O) groups is 1. The lowest BCUT2D eigenvalue weighted by molar-refractivity contribution is -0.118. The van der Waals surface area contributed by atoms with Crippen LogP contribution in [0.4, 0.5) is 0 Å². The van der Waals surface area contributed by atoms with Crippen molar-refractivity contribution >= 4 is 29.3 Å². The summed E-state index contributed by atoms with van der Waals surface area (Å²) in [7, 11) is 0. The van der Waals surface area contributed by atoms with Crippen LogP contribution in [-0.2, 0) is 17.8 Å². The topological polar surface area (TPSA) is 69.0 Å². The van der Waals surface area contributed by atoms with Crippen molar-refractivity contribution in [2.24, 2.45) is 0 Å². The number of hydrogen-bond donors (Lipinski definition) is 1. The minimum atomic E-state index is -0.327. The van der Waals surface area contributed by atoms with Gasteiger partial charge in [-0.05, 0) is 38.0 Å². The molecule has 1 atom stereocenters. The maximum atomic E-state index is 12.2. The van der Waals surface area contributed by atoms with Crippen molar-refractivity contribution in [3.63, 3.8) is 0 Å². The molecule has 0 bridgehead atoms. The van der Waals surface area contributed by atoms with Crippen molar-refractivity contribution in [1.82, 2.24) is 20.1 Å². The number of amides is 1. The first kappa shape index (κ1) is 22.2. The number of para-hydroxylation sites is 1. The highest BCUT2D eigenvalue weighted by Crippen LogP contribution is 2.29. The van der Waals surface area contributed by atoms with Crippen LogP contribution in [0, 0.1) is 0 Å². The summed E-state index contributed by atoms with van der Waals surface area (Å²) >= 11 is 7.55. The lowest BCUT2D eigenvalue weighted by Gasteiger charge is -2.16. The number of nitrogens with zero attached hydrogens (tertiary/aromatic N) is 3. The number of rotatable bonds is 10. The molecule has 158 valence electrons. The molecule has 1 aromatic heterocycles. The highest BCUT2D eigenvalue weighted by Gasteiger charge is 2.20. The predicted molar refractivity (Wildman–Crippen MR) is 120 cm³/mol. The Morgan fingerprint density at radius 2 is 1.90 bits per heavy atom. The van der Waals surface area contributed by atoms with E-state index in [0.717, 1.165) is 6.42 Å². The molecule has 0 aliphatic carbocycles. The number of thioether (sulfide) groups is 1. The summed E-state index contributed by atoms with van der Waals surface area (Å²) in [5.41, 5.74) is 1.20. The number of nitrogens with one attached hydrogen (secondary N) is 1. The maximum absolute atomic E-state index is 12.2. The fourth-order valence-corrected chi connectivity index (χ4v) is 3.98. The molecule has 0 aliphatic heterocycles. The van der Waals surface area contributed by atoms with Crippen LogP contribution in [0.25, 0.3) is 0 Å². The minimum Gasteiger partial charge on any atom is -0.481 e. The number of aromatic nitrogens is 3. The fourth-order valence-electron chi connectivity index (χ4n) is 2.96. The Labute approximate surface area is 186 Å². The van der Waals surface area contributed by atoms with E-state index < -0.39 is 0 Å². The van der Waals surface area contributed by atoms with Crippen LogP contribution in [-0.4, -0.2) is 33.0 Å². The summed E-state index contributed by atoms with van der Waals surface area (Å²) < 4.78 is 7.93. The van der Waals surface area contributed by atoms with E-state index in [0.29, 0.717) is 34.8 Å². The highest BCUT2D eigenvalue weighted by molar-refractivity contribution is 7.99. The summed E-state index contributed by atoms with van der Waals surface area (Å²) in [5, 5.41) is 12.7. The van der Waals surface area contributed by atoms with Crippen LogP contribution >= 0.6 is 23.4 Å². The van der Waals surface area contributed by atoms with Crippen molar-refractivity contribution in [3.05, 3.63) is 71.0 Å². The van der Waals surface area contributed by atoms with E-state index >= 15 is 0 Å². The first-order chi connectivity index (χ1) is 14.6. The molecule has 3 aromatic rings. The molecule has 1 N–H and O–H groups in total. The Hall–Kier alpha value is -2.51. The summed E-state index contributed by atoms with van der Waals surface area (Å²) in [5.74, 6) is 1.56. The van der Waals surface area contributed by atoms with Gasteiger partial charge in [-0.15, -0.1) is 10.2 Å². The molecule has 0 radical (unpaired) electrons.